The van der Waals surface area contributed by atoms with Gasteiger partial charge in [0.2, 0.25) is 0 Å². The molecule has 0 spiro atoms. The molecule has 5 heteroatoms. The molecular formula is C44H32BNO3. The first-order valence-electron chi connectivity index (χ1n) is 16.9. The fourth-order valence-electron chi connectivity index (χ4n) is 7.91. The summed E-state index contributed by atoms with van der Waals surface area (Å²) in [6.07, 6.45) is 0. The molecule has 3 heterocycles. The van der Waals surface area contributed by atoms with E-state index in [1.54, 1.807) is 0 Å². The van der Waals surface area contributed by atoms with Crippen LogP contribution in [0.4, 0.5) is 17.1 Å². The molecule has 0 fully saturated rings. The molecule has 0 bridgehead atoms. The Morgan fingerprint density at radius 2 is 1.16 bits per heavy atom. The van der Waals surface area contributed by atoms with Crippen LogP contribution in [0.1, 0.15) is 26.3 Å². The van der Waals surface area contributed by atoms with Gasteiger partial charge in [-0.1, -0.05) is 124 Å². The van der Waals surface area contributed by atoms with Gasteiger partial charge in [-0.25, -0.2) is 0 Å². The highest BCUT2D eigenvalue weighted by Gasteiger charge is 2.41. The molecule has 0 aliphatic carbocycles. The van der Waals surface area contributed by atoms with Gasteiger partial charge in [0.05, 0.1) is 17.1 Å². The first kappa shape index (κ1) is 28.1. The van der Waals surface area contributed by atoms with Gasteiger partial charge >= 0.3 is 0 Å². The van der Waals surface area contributed by atoms with Crippen LogP contribution >= 0.6 is 0 Å². The van der Waals surface area contributed by atoms with Crippen molar-refractivity contribution in [1.82, 2.24) is 0 Å². The molecule has 1 aromatic heterocycles. The van der Waals surface area contributed by atoms with Crippen molar-refractivity contribution in [3.63, 3.8) is 0 Å². The normalized spacial score (nSPS) is 13.1. The molecule has 234 valence electrons. The molecule has 2 aliphatic heterocycles. The average molecular weight is 634 g/mol. The first-order chi connectivity index (χ1) is 23.9. The molecule has 2 aliphatic rings. The summed E-state index contributed by atoms with van der Waals surface area (Å²) in [6, 6.07) is 49.0. The lowest BCUT2D eigenvalue weighted by Gasteiger charge is -2.36. The Hall–Kier alpha value is -5.94. The number of fused-ring (bicyclic) bond motifs is 8. The molecule has 49 heavy (non-hydrogen) atoms. The Labute approximate surface area is 285 Å². The van der Waals surface area contributed by atoms with Crippen LogP contribution < -0.4 is 30.8 Å². The number of para-hydroxylation sites is 4. The predicted molar refractivity (Wildman–Crippen MR) is 202 cm³/mol. The van der Waals surface area contributed by atoms with Crippen molar-refractivity contribution in [2.75, 3.05) is 4.90 Å². The van der Waals surface area contributed by atoms with E-state index in [-0.39, 0.29) is 12.1 Å². The summed E-state index contributed by atoms with van der Waals surface area (Å²) in [5, 5.41) is 4.49. The summed E-state index contributed by atoms with van der Waals surface area (Å²) < 4.78 is 20.3. The van der Waals surface area contributed by atoms with Gasteiger partial charge in [0.1, 0.15) is 28.6 Å². The highest BCUT2D eigenvalue weighted by Crippen LogP contribution is 2.50. The number of nitrogens with zero attached hydrogens (tertiary/aromatic N) is 1. The molecule has 0 radical (unpaired) electrons. The molecule has 10 rings (SSSR count). The largest absolute Gasteiger partial charge is 0.458 e. The third-order valence-electron chi connectivity index (χ3n) is 10.1. The van der Waals surface area contributed by atoms with Gasteiger partial charge in [-0.3, -0.25) is 0 Å². The van der Waals surface area contributed by atoms with Crippen molar-refractivity contribution in [2.45, 2.75) is 26.2 Å². The molecule has 4 nitrogen and oxygen atoms in total. The SMILES string of the molecule is CC(C)(C)c1ccc2ccccc2c1N(c1cc2c3c(c1)Oc1ccccc1B3c1ccccc1O2)c1cccc2c1oc1ccccc12. The minimum absolute atomic E-state index is 0.00361. The zero-order valence-corrected chi connectivity index (χ0v) is 27.5. The van der Waals surface area contributed by atoms with Gasteiger partial charge in [-0.2, -0.15) is 0 Å². The van der Waals surface area contributed by atoms with E-state index in [2.05, 4.69) is 141 Å². The summed E-state index contributed by atoms with van der Waals surface area (Å²) in [5.74, 6) is 3.33. The van der Waals surface area contributed by atoms with E-state index >= 15 is 0 Å². The van der Waals surface area contributed by atoms with Gasteiger partial charge in [-0.05, 0) is 51.6 Å². The van der Waals surface area contributed by atoms with E-state index in [0.29, 0.717) is 0 Å². The lowest BCUT2D eigenvalue weighted by molar-refractivity contribution is 0.465. The fourth-order valence-corrected chi connectivity index (χ4v) is 7.91. The summed E-state index contributed by atoms with van der Waals surface area (Å²) in [4.78, 5) is 2.37. The summed E-state index contributed by atoms with van der Waals surface area (Å²) in [7, 11) is 0. The van der Waals surface area contributed by atoms with Crippen molar-refractivity contribution < 1.29 is 13.9 Å². The molecule has 0 saturated carbocycles. The van der Waals surface area contributed by atoms with Crippen molar-refractivity contribution in [3.8, 4) is 23.0 Å². The van der Waals surface area contributed by atoms with Crippen molar-refractivity contribution in [3.05, 3.63) is 145 Å². The Kier molecular flexibility index (Phi) is 5.90. The Morgan fingerprint density at radius 1 is 0.551 bits per heavy atom. The number of hydrogen-bond donors (Lipinski definition) is 0. The van der Waals surface area contributed by atoms with E-state index in [1.165, 1.54) is 10.9 Å². The van der Waals surface area contributed by atoms with Crippen molar-refractivity contribution in [1.29, 1.82) is 0 Å². The van der Waals surface area contributed by atoms with Crippen molar-refractivity contribution >= 4 is 72.9 Å². The number of furan rings is 1. The molecular weight excluding hydrogens is 601 g/mol. The zero-order valence-electron chi connectivity index (χ0n) is 27.5. The number of ether oxygens (including phenoxy) is 2. The van der Waals surface area contributed by atoms with Crippen LogP contribution in [0, 0.1) is 0 Å². The molecule has 8 aromatic rings. The van der Waals surface area contributed by atoms with Gasteiger partial charge < -0.3 is 18.8 Å². The topological polar surface area (TPSA) is 34.8 Å². The molecule has 0 unspecified atom stereocenters. The highest BCUT2D eigenvalue weighted by atomic mass is 16.5. The maximum atomic E-state index is 6.79. The molecule has 0 amide bonds. The maximum absolute atomic E-state index is 6.79. The second-order valence-electron chi connectivity index (χ2n) is 14.1. The van der Waals surface area contributed by atoms with Crippen LogP contribution in [0.5, 0.6) is 23.0 Å². The van der Waals surface area contributed by atoms with Gasteiger partial charge in [-0.15, -0.1) is 0 Å². The average Bonchev–Trinajstić information content (AvgIpc) is 3.50. The molecule has 0 atom stereocenters. The van der Waals surface area contributed by atoms with E-state index < -0.39 is 0 Å². The minimum atomic E-state index is -0.169. The number of benzene rings is 7. The van der Waals surface area contributed by atoms with Gasteiger partial charge in [0, 0.05) is 33.8 Å². The van der Waals surface area contributed by atoms with Gasteiger partial charge in [0.25, 0.3) is 6.71 Å². The minimum Gasteiger partial charge on any atom is -0.458 e. The van der Waals surface area contributed by atoms with Crippen LogP contribution in [-0.2, 0) is 5.41 Å². The number of anilines is 3. The monoisotopic (exact) mass is 633 g/mol. The fraction of sp³-hybridized carbons (Fsp3) is 0.0909. The summed E-state index contributed by atoms with van der Waals surface area (Å²) in [6.45, 7) is 6.84. The Morgan fingerprint density at radius 3 is 1.88 bits per heavy atom. The zero-order chi connectivity index (χ0) is 32.9. The Bertz CT molecular complexity index is 2560. The standard InChI is InChI=1S/C44H32BNO3/c1-44(2,3)32-24-23-27-13-4-5-14-29(27)42(32)46(35-19-12-16-31-30-15-6-9-20-36(30)49-43(31)35)28-25-39-41-40(26-28)48-38-22-11-8-18-34(38)45(41)33-17-7-10-21-37(33)47-39/h4-26H,1-3H3. The quantitative estimate of drug-likeness (QED) is 0.181. The summed E-state index contributed by atoms with van der Waals surface area (Å²) in [5.41, 5.74) is 9.08. The van der Waals surface area contributed by atoms with Crippen LogP contribution in [0.3, 0.4) is 0 Å². The Balaban J connectivity index is 1.31. The van der Waals surface area contributed by atoms with Gasteiger partial charge in [0.15, 0.2) is 5.58 Å². The van der Waals surface area contributed by atoms with E-state index in [0.717, 1.165) is 83.8 Å². The molecule has 0 saturated heterocycles. The van der Waals surface area contributed by atoms with Crippen LogP contribution in [0.2, 0.25) is 0 Å². The van der Waals surface area contributed by atoms with Crippen LogP contribution in [-0.4, -0.2) is 6.71 Å². The number of hydrogen-bond acceptors (Lipinski definition) is 4. The second-order valence-corrected chi connectivity index (χ2v) is 14.1. The van der Waals surface area contributed by atoms with Crippen molar-refractivity contribution in [2.24, 2.45) is 0 Å². The smallest absolute Gasteiger partial charge is 0.260 e. The molecule has 7 aromatic carbocycles. The second kappa shape index (κ2) is 10.3. The number of rotatable bonds is 3. The summed E-state index contributed by atoms with van der Waals surface area (Å²) >= 11 is 0. The highest BCUT2D eigenvalue weighted by molar-refractivity contribution is 6.98. The lowest BCUT2D eigenvalue weighted by Crippen LogP contribution is -2.57. The lowest BCUT2D eigenvalue weighted by atomic mass is 9.35. The van der Waals surface area contributed by atoms with E-state index in [4.69, 9.17) is 13.9 Å². The third kappa shape index (κ3) is 4.18. The van der Waals surface area contributed by atoms with E-state index in [9.17, 15) is 0 Å². The first-order valence-corrected chi connectivity index (χ1v) is 16.9. The van der Waals surface area contributed by atoms with E-state index in [1.807, 2.05) is 24.3 Å². The third-order valence-corrected chi connectivity index (χ3v) is 10.1. The van der Waals surface area contributed by atoms with Crippen LogP contribution in [0.25, 0.3) is 32.7 Å². The van der Waals surface area contributed by atoms with Crippen LogP contribution in [0.15, 0.2) is 144 Å². The maximum Gasteiger partial charge on any atom is 0.260 e. The molecule has 0 N–H and O–H groups in total. The predicted octanol–water partition coefficient (Wildman–Crippen LogP) is 10.2.